The van der Waals surface area contributed by atoms with Crippen LogP contribution in [-0.2, 0) is 4.79 Å². The first-order valence-electron chi connectivity index (χ1n) is 8.58. The molecule has 3 heteroatoms. The molecule has 5 atom stereocenters. The summed E-state index contributed by atoms with van der Waals surface area (Å²) < 4.78 is 0. The summed E-state index contributed by atoms with van der Waals surface area (Å²) in [6, 6.07) is 0.139. The van der Waals surface area contributed by atoms with Gasteiger partial charge in [-0.25, -0.2) is 0 Å². The number of nitrogens with two attached hydrogens (primary N) is 1. The molecule has 1 saturated heterocycles. The molecule has 3 fully saturated rings. The van der Waals surface area contributed by atoms with E-state index in [0.29, 0.717) is 23.2 Å². The number of amides is 1. The third-order valence-corrected chi connectivity index (χ3v) is 6.21. The van der Waals surface area contributed by atoms with Gasteiger partial charge in [-0.3, -0.25) is 4.79 Å². The largest absolute Gasteiger partial charge is 0.342 e. The number of nitrogens with zero attached hydrogens (tertiary/aromatic N) is 1. The number of carbonyl (C=O) groups excluding carboxylic acids is 1. The van der Waals surface area contributed by atoms with E-state index in [0.717, 1.165) is 19.5 Å². The van der Waals surface area contributed by atoms with E-state index in [1.54, 1.807) is 0 Å². The molecule has 0 aromatic heterocycles. The van der Waals surface area contributed by atoms with Crippen molar-refractivity contribution in [1.29, 1.82) is 0 Å². The van der Waals surface area contributed by atoms with Crippen molar-refractivity contribution >= 4 is 5.91 Å². The van der Waals surface area contributed by atoms with Crippen LogP contribution in [0.4, 0.5) is 0 Å². The summed E-state index contributed by atoms with van der Waals surface area (Å²) in [5, 5.41) is 0. The van der Waals surface area contributed by atoms with E-state index in [1.165, 1.54) is 38.5 Å². The second-order valence-corrected chi connectivity index (χ2v) is 7.86. The molecule has 1 heterocycles. The van der Waals surface area contributed by atoms with Gasteiger partial charge in [0.25, 0.3) is 0 Å². The molecule has 2 aliphatic carbocycles. The van der Waals surface area contributed by atoms with Gasteiger partial charge < -0.3 is 10.6 Å². The maximum atomic E-state index is 12.9. The first-order chi connectivity index (χ1) is 9.54. The molecule has 0 radical (unpaired) electrons. The topological polar surface area (TPSA) is 46.3 Å². The van der Waals surface area contributed by atoms with Gasteiger partial charge in [-0.05, 0) is 55.8 Å². The van der Waals surface area contributed by atoms with E-state index >= 15 is 0 Å². The van der Waals surface area contributed by atoms with E-state index in [4.69, 9.17) is 5.73 Å². The van der Waals surface area contributed by atoms with Gasteiger partial charge in [-0.1, -0.05) is 20.3 Å². The molecule has 20 heavy (non-hydrogen) atoms. The molecule has 1 aliphatic heterocycles. The third-order valence-electron chi connectivity index (χ3n) is 6.21. The van der Waals surface area contributed by atoms with Crippen LogP contribution in [0.5, 0.6) is 0 Å². The SMILES string of the molecule is CCCC1(C)CCCN(C(=O)C2C3CCC(C3)C2N)C1. The van der Waals surface area contributed by atoms with Crippen molar-refractivity contribution < 1.29 is 4.79 Å². The Hall–Kier alpha value is -0.570. The Morgan fingerprint density at radius 3 is 2.75 bits per heavy atom. The van der Waals surface area contributed by atoms with Gasteiger partial charge >= 0.3 is 0 Å². The Morgan fingerprint density at radius 2 is 2.10 bits per heavy atom. The minimum atomic E-state index is 0.137. The van der Waals surface area contributed by atoms with Gasteiger partial charge in [-0.2, -0.15) is 0 Å². The van der Waals surface area contributed by atoms with Crippen LogP contribution in [0.15, 0.2) is 0 Å². The highest BCUT2D eigenvalue weighted by Gasteiger charge is 2.50. The molecule has 3 nitrogen and oxygen atoms in total. The van der Waals surface area contributed by atoms with E-state index in [1.807, 2.05) is 0 Å². The van der Waals surface area contributed by atoms with Gasteiger partial charge in [0.1, 0.15) is 0 Å². The van der Waals surface area contributed by atoms with Crippen LogP contribution in [0.2, 0.25) is 0 Å². The molecule has 3 aliphatic rings. The number of hydrogen-bond donors (Lipinski definition) is 1. The number of piperidine rings is 1. The van der Waals surface area contributed by atoms with Crippen LogP contribution in [0.25, 0.3) is 0 Å². The monoisotopic (exact) mass is 278 g/mol. The summed E-state index contributed by atoms with van der Waals surface area (Å²) in [4.78, 5) is 15.1. The van der Waals surface area contributed by atoms with Gasteiger partial charge in [-0.15, -0.1) is 0 Å². The van der Waals surface area contributed by atoms with E-state index in [9.17, 15) is 4.79 Å². The average Bonchev–Trinajstić information content (AvgIpc) is 2.98. The summed E-state index contributed by atoms with van der Waals surface area (Å²) in [6.07, 6.45) is 8.58. The molecule has 0 aromatic rings. The van der Waals surface area contributed by atoms with E-state index < -0.39 is 0 Å². The van der Waals surface area contributed by atoms with Crippen LogP contribution < -0.4 is 5.73 Å². The zero-order valence-corrected chi connectivity index (χ0v) is 13.1. The van der Waals surface area contributed by atoms with Crippen LogP contribution in [-0.4, -0.2) is 29.9 Å². The van der Waals surface area contributed by atoms with Crippen molar-refractivity contribution in [1.82, 2.24) is 4.90 Å². The van der Waals surface area contributed by atoms with Crippen LogP contribution in [0.3, 0.4) is 0 Å². The first kappa shape index (κ1) is 14.4. The summed E-state index contributed by atoms with van der Waals surface area (Å²) in [5.74, 6) is 1.73. The lowest BCUT2D eigenvalue weighted by atomic mass is 9.77. The standard InChI is InChI=1S/C17H30N2O/c1-3-7-17(2)8-4-9-19(11-17)16(20)14-12-5-6-13(10-12)15(14)18/h12-15H,3-11,18H2,1-2H3. The van der Waals surface area contributed by atoms with Crippen molar-refractivity contribution in [3.05, 3.63) is 0 Å². The predicted molar refractivity (Wildman–Crippen MR) is 81.1 cm³/mol. The van der Waals surface area contributed by atoms with Crippen LogP contribution in [0.1, 0.15) is 58.8 Å². The normalized spacial score (nSPS) is 44.0. The second kappa shape index (κ2) is 5.32. The molecule has 114 valence electrons. The fourth-order valence-electron chi connectivity index (χ4n) is 5.22. The van der Waals surface area contributed by atoms with Crippen LogP contribution >= 0.6 is 0 Å². The molecule has 5 unspecified atom stereocenters. The maximum absolute atomic E-state index is 12.9. The Balaban J connectivity index is 1.68. The molecule has 2 N–H and O–H groups in total. The summed E-state index contributed by atoms with van der Waals surface area (Å²) >= 11 is 0. The number of hydrogen-bond acceptors (Lipinski definition) is 2. The quantitative estimate of drug-likeness (QED) is 0.863. The highest BCUT2D eigenvalue weighted by molar-refractivity contribution is 5.80. The molecule has 2 saturated carbocycles. The molecule has 1 amide bonds. The highest BCUT2D eigenvalue weighted by Crippen LogP contribution is 2.48. The minimum Gasteiger partial charge on any atom is -0.342 e. The number of fused-ring (bicyclic) bond motifs is 2. The summed E-state index contributed by atoms with van der Waals surface area (Å²) in [6.45, 7) is 6.52. The molecule has 3 rings (SSSR count). The van der Waals surface area contributed by atoms with Crippen molar-refractivity contribution in [3.63, 3.8) is 0 Å². The Morgan fingerprint density at radius 1 is 1.35 bits per heavy atom. The highest BCUT2D eigenvalue weighted by atomic mass is 16.2. The lowest BCUT2D eigenvalue weighted by Crippen LogP contribution is -2.51. The van der Waals surface area contributed by atoms with Crippen molar-refractivity contribution in [3.8, 4) is 0 Å². The number of rotatable bonds is 3. The average molecular weight is 278 g/mol. The van der Waals surface area contributed by atoms with Crippen molar-refractivity contribution in [2.75, 3.05) is 13.1 Å². The van der Waals surface area contributed by atoms with Gasteiger partial charge in [0.15, 0.2) is 0 Å². The maximum Gasteiger partial charge on any atom is 0.227 e. The fourth-order valence-corrected chi connectivity index (χ4v) is 5.22. The Kier molecular flexibility index (Phi) is 3.83. The summed E-state index contributed by atoms with van der Waals surface area (Å²) in [7, 11) is 0. The van der Waals surface area contributed by atoms with E-state index in [2.05, 4.69) is 18.7 Å². The van der Waals surface area contributed by atoms with Crippen molar-refractivity contribution in [2.45, 2.75) is 64.8 Å². The predicted octanol–water partition coefficient (Wildman–Crippen LogP) is 2.79. The van der Waals surface area contributed by atoms with Crippen molar-refractivity contribution in [2.24, 2.45) is 28.9 Å². The fraction of sp³-hybridized carbons (Fsp3) is 0.941. The molecule has 0 spiro atoms. The molecule has 0 aromatic carbocycles. The lowest BCUT2D eigenvalue weighted by Gasteiger charge is -2.43. The smallest absolute Gasteiger partial charge is 0.227 e. The molecule has 2 bridgehead atoms. The molecular weight excluding hydrogens is 248 g/mol. The lowest BCUT2D eigenvalue weighted by molar-refractivity contribution is -0.141. The number of carbonyl (C=O) groups is 1. The van der Waals surface area contributed by atoms with Gasteiger partial charge in [0.05, 0.1) is 5.92 Å². The zero-order valence-electron chi connectivity index (χ0n) is 13.1. The second-order valence-electron chi connectivity index (χ2n) is 7.86. The minimum absolute atomic E-state index is 0.137. The van der Waals surface area contributed by atoms with Gasteiger partial charge in [0.2, 0.25) is 5.91 Å². The molecular formula is C17H30N2O. The van der Waals surface area contributed by atoms with Crippen LogP contribution in [0, 0.1) is 23.2 Å². The zero-order chi connectivity index (χ0) is 14.3. The summed E-state index contributed by atoms with van der Waals surface area (Å²) in [5.41, 5.74) is 6.69. The van der Waals surface area contributed by atoms with Gasteiger partial charge in [0, 0.05) is 19.1 Å². The first-order valence-corrected chi connectivity index (χ1v) is 8.58. The number of likely N-dealkylation sites (tertiary alicyclic amines) is 1. The Labute approximate surface area is 123 Å². The van der Waals surface area contributed by atoms with E-state index in [-0.39, 0.29) is 12.0 Å². The Bertz CT molecular complexity index is 377. The third kappa shape index (κ3) is 2.38.